The molecule has 0 unspecified atom stereocenters. The summed E-state index contributed by atoms with van der Waals surface area (Å²) in [4.78, 5) is 7.82. The second kappa shape index (κ2) is 18.8. The molecule has 2 nitrogen and oxygen atoms in total. The number of allylic oxidation sites excluding steroid dienone is 6. The molecule has 7 aromatic carbocycles. The van der Waals surface area contributed by atoms with Crippen LogP contribution in [0, 0.1) is 0 Å². The fourth-order valence-corrected chi connectivity index (χ4v) is 9.19. The van der Waals surface area contributed by atoms with Crippen molar-refractivity contribution in [1.29, 1.82) is 0 Å². The number of aliphatic imine (C=N–C) groups is 1. The minimum Gasteiger partial charge on any atom is -0.349 e. The quantitative estimate of drug-likeness (QED) is 0.126. The maximum Gasteiger partial charge on any atom is 0.147 e. The third-order valence-electron chi connectivity index (χ3n) is 12.7. The summed E-state index contributed by atoms with van der Waals surface area (Å²) in [5.74, 6) is 0.0577. The number of benzene rings is 7. The van der Waals surface area contributed by atoms with E-state index in [0.29, 0.717) is 0 Å². The Bertz CT molecular complexity index is 2980. The first-order valence-electron chi connectivity index (χ1n) is 22.2. The fraction of sp³-hybridized carbons (Fsp3) is 0.131. The summed E-state index contributed by atoms with van der Waals surface area (Å²) >= 11 is 0. The molecule has 2 aliphatic rings. The van der Waals surface area contributed by atoms with Crippen molar-refractivity contribution in [3.63, 3.8) is 0 Å². The van der Waals surface area contributed by atoms with Gasteiger partial charge in [-0.25, -0.2) is 0 Å². The maximum atomic E-state index is 5.50. The second-order valence-corrected chi connectivity index (χ2v) is 16.7. The van der Waals surface area contributed by atoms with E-state index in [1.165, 1.54) is 60.5 Å². The largest absolute Gasteiger partial charge is 0.349 e. The average Bonchev–Trinajstić information content (AvgIpc) is 3.40. The van der Waals surface area contributed by atoms with E-state index in [2.05, 4.69) is 245 Å². The molecule has 0 saturated heterocycles. The molecule has 0 aromatic heterocycles. The Morgan fingerprint density at radius 1 is 0.619 bits per heavy atom. The van der Waals surface area contributed by atoms with Crippen LogP contribution < -0.4 is 10.4 Å². The van der Waals surface area contributed by atoms with E-state index in [0.717, 1.165) is 52.9 Å². The van der Waals surface area contributed by atoms with Crippen molar-refractivity contribution < 1.29 is 0 Å². The van der Waals surface area contributed by atoms with E-state index in [1.807, 2.05) is 0 Å². The SMILES string of the molecule is C=C1/C=c2/cccc/c2=C/Cc2ccccc2[C@H]1c1ccc(-c2ccc([C@@H](/N=C(\C)c3ccc(-c4ccccc4)cc3)N(C)/C(=C\C)c3ccc(C4=CCCC=C4)cc3)cc2)cc1. The van der Waals surface area contributed by atoms with Gasteiger partial charge in [0.15, 0.2) is 0 Å². The van der Waals surface area contributed by atoms with Crippen LogP contribution in [0.25, 0.3) is 45.7 Å². The van der Waals surface area contributed by atoms with Crippen molar-refractivity contribution in [2.75, 3.05) is 7.05 Å². The fourth-order valence-electron chi connectivity index (χ4n) is 9.19. The first kappa shape index (κ1) is 41.1. The Hall–Kier alpha value is -7.29. The molecular formula is C61H54N2. The van der Waals surface area contributed by atoms with Crippen molar-refractivity contribution in [3.8, 4) is 22.3 Å². The van der Waals surface area contributed by atoms with E-state index >= 15 is 0 Å². The number of fused-ring (bicyclic) bond motifs is 2. The van der Waals surface area contributed by atoms with E-state index < -0.39 is 0 Å². The van der Waals surface area contributed by atoms with E-state index in [4.69, 9.17) is 4.99 Å². The Morgan fingerprint density at radius 3 is 1.89 bits per heavy atom. The highest BCUT2D eigenvalue weighted by Crippen LogP contribution is 2.37. The molecule has 0 radical (unpaired) electrons. The van der Waals surface area contributed by atoms with Crippen molar-refractivity contribution in [2.24, 2.45) is 4.99 Å². The number of hydrogen-bond donors (Lipinski definition) is 0. The van der Waals surface area contributed by atoms with Crippen LogP contribution in [0.15, 0.2) is 217 Å². The summed E-state index contributed by atoms with van der Waals surface area (Å²) in [5.41, 5.74) is 17.8. The van der Waals surface area contributed by atoms with Gasteiger partial charge in [-0.1, -0.05) is 219 Å². The van der Waals surface area contributed by atoms with Crippen molar-refractivity contribution in [1.82, 2.24) is 4.90 Å². The van der Waals surface area contributed by atoms with E-state index in [1.54, 1.807) is 0 Å². The number of nitrogens with zero attached hydrogens (tertiary/aromatic N) is 2. The average molecular weight is 815 g/mol. The normalized spacial score (nSPS) is 16.7. The molecule has 63 heavy (non-hydrogen) atoms. The summed E-state index contributed by atoms with van der Waals surface area (Å²) in [7, 11) is 2.17. The molecule has 0 amide bonds. The molecule has 0 spiro atoms. The molecule has 2 atom stereocenters. The van der Waals surface area contributed by atoms with Crippen molar-refractivity contribution >= 4 is 29.1 Å². The lowest BCUT2D eigenvalue weighted by atomic mass is 9.82. The van der Waals surface area contributed by atoms with Crippen LogP contribution in [0.2, 0.25) is 0 Å². The third-order valence-corrected chi connectivity index (χ3v) is 12.7. The van der Waals surface area contributed by atoms with Gasteiger partial charge in [-0.2, -0.15) is 0 Å². The van der Waals surface area contributed by atoms with Crippen LogP contribution in [-0.2, 0) is 6.42 Å². The molecule has 0 saturated carbocycles. The van der Waals surface area contributed by atoms with E-state index in [-0.39, 0.29) is 12.1 Å². The highest BCUT2D eigenvalue weighted by Gasteiger charge is 2.22. The summed E-state index contributed by atoms with van der Waals surface area (Å²) in [6.45, 7) is 8.91. The molecule has 0 heterocycles. The molecule has 0 aliphatic heterocycles. The molecule has 0 N–H and O–H groups in total. The van der Waals surface area contributed by atoms with Crippen molar-refractivity contribution in [2.45, 2.75) is 45.2 Å². The minimum absolute atomic E-state index is 0.0577. The van der Waals surface area contributed by atoms with Crippen LogP contribution in [-0.4, -0.2) is 17.7 Å². The third kappa shape index (κ3) is 9.03. The zero-order valence-corrected chi connectivity index (χ0v) is 36.6. The minimum atomic E-state index is -0.266. The summed E-state index contributed by atoms with van der Waals surface area (Å²) in [5, 5.41) is 2.46. The van der Waals surface area contributed by atoms with Crippen LogP contribution in [0.3, 0.4) is 0 Å². The summed E-state index contributed by atoms with van der Waals surface area (Å²) in [6, 6.07) is 63.8. The van der Waals surface area contributed by atoms with E-state index in [9.17, 15) is 0 Å². The van der Waals surface area contributed by atoms with Gasteiger partial charge < -0.3 is 4.90 Å². The Balaban J connectivity index is 1.03. The lowest BCUT2D eigenvalue weighted by Crippen LogP contribution is -2.24. The van der Waals surface area contributed by atoms with Gasteiger partial charge in [0.05, 0.1) is 0 Å². The monoisotopic (exact) mass is 814 g/mol. The molecular weight excluding hydrogens is 761 g/mol. The maximum absolute atomic E-state index is 5.50. The van der Waals surface area contributed by atoms with Gasteiger partial charge in [0.2, 0.25) is 0 Å². The Labute approximate surface area is 373 Å². The molecule has 7 aromatic rings. The molecule has 2 heteroatoms. The predicted octanol–water partition coefficient (Wildman–Crippen LogP) is 13.8. The number of rotatable bonds is 10. The molecule has 2 aliphatic carbocycles. The first-order chi connectivity index (χ1) is 30.9. The summed E-state index contributed by atoms with van der Waals surface area (Å²) in [6.07, 6.45) is 16.5. The molecule has 0 bridgehead atoms. The van der Waals surface area contributed by atoms with Gasteiger partial charge in [0.1, 0.15) is 6.17 Å². The van der Waals surface area contributed by atoms with Crippen molar-refractivity contribution in [3.05, 3.63) is 262 Å². The lowest BCUT2D eigenvalue weighted by Gasteiger charge is -2.31. The zero-order chi connectivity index (χ0) is 43.1. The highest BCUT2D eigenvalue weighted by atomic mass is 15.2. The topological polar surface area (TPSA) is 15.6 Å². The van der Waals surface area contributed by atoms with Gasteiger partial charge in [-0.05, 0) is 116 Å². The van der Waals surface area contributed by atoms with Crippen LogP contribution in [0.1, 0.15) is 77.7 Å². The second-order valence-electron chi connectivity index (χ2n) is 16.7. The van der Waals surface area contributed by atoms with Gasteiger partial charge in [-0.15, -0.1) is 0 Å². The zero-order valence-electron chi connectivity index (χ0n) is 36.6. The smallest absolute Gasteiger partial charge is 0.147 e. The van der Waals surface area contributed by atoms with Gasteiger partial charge >= 0.3 is 0 Å². The molecule has 9 rings (SSSR count). The Morgan fingerprint density at radius 2 is 1.21 bits per heavy atom. The lowest BCUT2D eigenvalue weighted by molar-refractivity contribution is 0.367. The first-order valence-corrected chi connectivity index (χ1v) is 22.2. The highest BCUT2D eigenvalue weighted by molar-refractivity contribution is 5.99. The predicted molar refractivity (Wildman–Crippen MR) is 269 cm³/mol. The van der Waals surface area contributed by atoms with Crippen LogP contribution >= 0.6 is 0 Å². The van der Waals surface area contributed by atoms with Gasteiger partial charge in [0.25, 0.3) is 0 Å². The van der Waals surface area contributed by atoms with Gasteiger partial charge in [-0.3, -0.25) is 4.99 Å². The van der Waals surface area contributed by atoms with Gasteiger partial charge in [0, 0.05) is 24.4 Å². The molecule has 0 fully saturated rings. The van der Waals surface area contributed by atoms with Crippen LogP contribution in [0.4, 0.5) is 0 Å². The van der Waals surface area contributed by atoms with Crippen LogP contribution in [0.5, 0.6) is 0 Å². The molecule has 308 valence electrons. The number of hydrogen-bond acceptors (Lipinski definition) is 2. The standard InChI is InChI=1S/C61H54N2/c1-5-59(54-36-29-50(30-37-54)47-18-10-7-11-19-47)63(4)61(62-44(3)45-24-26-49(27-25-45)46-16-8-6-9-17-46)56-40-33-52(34-41-56)51-31-38-55(39-32-51)60-43(2)42-57-22-13-12-20-48(57)28-35-53-21-14-15-23-58(53)60/h5-6,8-10,12-34,36-42,60-61H,2,7,11,35H2,1,3-4H3/b48-28-,57-42-,59-5-,62-44+/t60-,61+/m1/s1. The Kier molecular flexibility index (Phi) is 12.2. The summed E-state index contributed by atoms with van der Waals surface area (Å²) < 4.78 is 0.